The maximum Gasteiger partial charge on any atom is 0.327 e. The summed E-state index contributed by atoms with van der Waals surface area (Å²) in [5, 5.41) is 18.7. The number of carbonyl (C=O) groups is 3. The molecule has 1 aromatic rings. The number of hydrogen-bond donors (Lipinski definition) is 3. The van der Waals surface area contributed by atoms with Crippen molar-refractivity contribution in [2.75, 3.05) is 6.73 Å². The van der Waals surface area contributed by atoms with Gasteiger partial charge in [-0.05, 0) is 24.6 Å². The second kappa shape index (κ2) is 8.65. The van der Waals surface area contributed by atoms with Crippen LogP contribution in [0.5, 0.6) is 11.5 Å². The molecule has 25 heavy (non-hydrogen) atoms. The summed E-state index contributed by atoms with van der Waals surface area (Å²) < 4.78 is 4.97. The molecular weight excluding hydrogens is 356 g/mol. The molecule has 0 radical (unpaired) electrons. The lowest BCUT2D eigenvalue weighted by Crippen LogP contribution is -2.49. The van der Waals surface area contributed by atoms with Gasteiger partial charge >= 0.3 is 5.97 Å². The van der Waals surface area contributed by atoms with Gasteiger partial charge in [0.1, 0.15) is 5.54 Å². The first-order chi connectivity index (χ1) is 10.7. The number of amides is 2. The summed E-state index contributed by atoms with van der Waals surface area (Å²) in [6.45, 7) is 0.983. The summed E-state index contributed by atoms with van der Waals surface area (Å²) in [6.07, 6.45) is 0.272. The van der Waals surface area contributed by atoms with Gasteiger partial charge in [0.05, 0.1) is 0 Å². The van der Waals surface area contributed by atoms with E-state index in [0.29, 0.717) is 5.56 Å². The van der Waals surface area contributed by atoms with Crippen LogP contribution in [0.15, 0.2) is 18.2 Å². The molecule has 0 spiro atoms. The number of carbonyl (C=O) groups excluding carboxylic acids is 3. The van der Waals surface area contributed by atoms with Crippen molar-refractivity contribution in [3.05, 3.63) is 23.8 Å². The molecule has 1 fully saturated rings. The minimum Gasteiger partial charge on any atom is -0.504 e. The average Bonchev–Trinajstić information content (AvgIpc) is 2.79. The van der Waals surface area contributed by atoms with Crippen molar-refractivity contribution >= 4 is 30.2 Å². The highest BCUT2D eigenvalue weighted by Crippen LogP contribution is 2.26. The van der Waals surface area contributed by atoms with Crippen molar-refractivity contribution in [1.29, 1.82) is 0 Å². The van der Waals surface area contributed by atoms with E-state index < -0.39 is 18.2 Å². The van der Waals surface area contributed by atoms with Crippen molar-refractivity contribution in [2.45, 2.75) is 31.7 Å². The molecule has 1 aromatic carbocycles. The number of hydrogen-bond acceptors (Lipinski definition) is 7. The number of ether oxygens (including phenoxy) is 1. The number of aromatic hydroxyl groups is 2. The van der Waals surface area contributed by atoms with Crippen LogP contribution in [0.2, 0.25) is 0 Å². The van der Waals surface area contributed by atoms with Crippen molar-refractivity contribution in [3.63, 3.8) is 0 Å². The van der Waals surface area contributed by atoms with Gasteiger partial charge in [0.25, 0.3) is 0 Å². The Kier molecular flexibility index (Phi) is 7.84. The van der Waals surface area contributed by atoms with E-state index in [1.54, 1.807) is 0 Å². The molecule has 1 saturated heterocycles. The van der Waals surface area contributed by atoms with E-state index in [1.807, 2.05) is 0 Å². The Bertz CT molecular complexity index is 647. The van der Waals surface area contributed by atoms with Gasteiger partial charge in [-0.25, -0.2) is 9.69 Å². The van der Waals surface area contributed by atoms with E-state index in [9.17, 15) is 24.6 Å². The Morgan fingerprint density at radius 3 is 2.32 bits per heavy atom. The fourth-order valence-corrected chi connectivity index (χ4v) is 2.23. The number of imide groups is 1. The van der Waals surface area contributed by atoms with Crippen LogP contribution in [0, 0.1) is 0 Å². The molecule has 140 valence electrons. The highest BCUT2D eigenvalue weighted by atomic mass is 35.5. The van der Waals surface area contributed by atoms with E-state index in [2.05, 4.69) is 0 Å². The minimum atomic E-state index is -1.42. The fraction of sp³-hybridized carbons (Fsp3) is 0.400. The number of likely N-dealkylation sites (tertiary alicyclic amines) is 1. The van der Waals surface area contributed by atoms with Crippen LogP contribution in [0.4, 0.5) is 0 Å². The van der Waals surface area contributed by atoms with Crippen LogP contribution >= 0.6 is 12.4 Å². The minimum absolute atomic E-state index is 0. The van der Waals surface area contributed by atoms with E-state index in [-0.39, 0.29) is 60.5 Å². The molecule has 1 atom stereocenters. The zero-order valence-electron chi connectivity index (χ0n) is 13.5. The summed E-state index contributed by atoms with van der Waals surface area (Å²) in [4.78, 5) is 35.8. The zero-order valence-corrected chi connectivity index (χ0v) is 14.3. The van der Waals surface area contributed by atoms with E-state index in [0.717, 1.165) is 4.90 Å². The van der Waals surface area contributed by atoms with Crippen molar-refractivity contribution in [1.82, 2.24) is 4.90 Å². The number of nitrogens with two attached hydrogens (primary N) is 1. The van der Waals surface area contributed by atoms with Gasteiger partial charge in [0.15, 0.2) is 18.2 Å². The van der Waals surface area contributed by atoms with Gasteiger partial charge < -0.3 is 26.2 Å². The molecule has 10 heteroatoms. The van der Waals surface area contributed by atoms with Crippen LogP contribution in [0.1, 0.15) is 25.3 Å². The number of phenolic OH excluding ortho intramolecular Hbond substituents is 2. The standard InChI is InChI=1S/C15H18N2O6.ClH.H2O/c1-15(16,7-9-2-3-10(18)11(19)6-9)14(22)23-8-17-12(20)4-5-13(17)21;;/h2-3,6,18-19H,4-5,7-8,16H2,1H3;1H;1H2. The van der Waals surface area contributed by atoms with E-state index in [1.165, 1.54) is 25.1 Å². The molecular formula is C15H21ClN2O7. The Morgan fingerprint density at radius 1 is 1.24 bits per heavy atom. The van der Waals surface area contributed by atoms with Gasteiger partial charge in [-0.3, -0.25) is 9.59 Å². The quantitative estimate of drug-likeness (QED) is 0.358. The third kappa shape index (κ3) is 5.31. The van der Waals surface area contributed by atoms with Crippen LogP contribution in [-0.4, -0.2) is 50.6 Å². The maximum atomic E-state index is 12.1. The highest BCUT2D eigenvalue weighted by molar-refractivity contribution is 6.01. The molecule has 1 aliphatic rings. The largest absolute Gasteiger partial charge is 0.504 e. The van der Waals surface area contributed by atoms with Gasteiger partial charge in [0, 0.05) is 19.3 Å². The molecule has 2 amide bonds. The second-order valence-electron chi connectivity index (χ2n) is 5.69. The fourth-order valence-electron chi connectivity index (χ4n) is 2.23. The Labute approximate surface area is 150 Å². The first-order valence-electron chi connectivity index (χ1n) is 7.01. The monoisotopic (exact) mass is 376 g/mol. The summed E-state index contributed by atoms with van der Waals surface area (Å²) in [5.41, 5.74) is 5.03. The average molecular weight is 377 g/mol. The number of phenols is 2. The molecule has 2 rings (SSSR count). The van der Waals surface area contributed by atoms with Crippen molar-refractivity contribution in [3.8, 4) is 11.5 Å². The van der Waals surface area contributed by atoms with Crippen molar-refractivity contribution < 1.29 is 34.8 Å². The zero-order chi connectivity index (χ0) is 17.2. The predicted octanol–water partition coefficient (Wildman–Crippen LogP) is -0.395. The van der Waals surface area contributed by atoms with Gasteiger partial charge in [-0.2, -0.15) is 0 Å². The first kappa shape index (κ1) is 22.6. The molecule has 9 nitrogen and oxygen atoms in total. The Morgan fingerprint density at radius 2 is 1.80 bits per heavy atom. The molecule has 0 saturated carbocycles. The predicted molar refractivity (Wildman–Crippen MR) is 89.0 cm³/mol. The summed E-state index contributed by atoms with van der Waals surface area (Å²) in [7, 11) is 0. The third-order valence-corrected chi connectivity index (χ3v) is 3.56. The number of nitrogens with zero attached hydrogens (tertiary/aromatic N) is 1. The van der Waals surface area contributed by atoms with E-state index >= 15 is 0 Å². The van der Waals surface area contributed by atoms with Gasteiger partial charge in [-0.1, -0.05) is 6.07 Å². The molecule has 6 N–H and O–H groups in total. The van der Waals surface area contributed by atoms with Crippen LogP contribution in [0.3, 0.4) is 0 Å². The molecule has 1 heterocycles. The van der Waals surface area contributed by atoms with E-state index in [4.69, 9.17) is 10.5 Å². The maximum absolute atomic E-state index is 12.1. The van der Waals surface area contributed by atoms with Crippen molar-refractivity contribution in [2.24, 2.45) is 5.73 Å². The molecule has 0 bridgehead atoms. The lowest BCUT2D eigenvalue weighted by atomic mass is 9.94. The van der Waals surface area contributed by atoms with Gasteiger partial charge in [-0.15, -0.1) is 12.4 Å². The SMILES string of the molecule is CC(N)(Cc1ccc(O)c(O)c1)C(=O)OCN1C(=O)CCC1=O.Cl.O. The number of rotatable bonds is 5. The number of halogens is 1. The number of esters is 1. The van der Waals surface area contributed by atoms with Crippen LogP contribution < -0.4 is 5.73 Å². The van der Waals surface area contributed by atoms with Gasteiger partial charge in [0.2, 0.25) is 11.8 Å². The summed E-state index contributed by atoms with van der Waals surface area (Å²) in [5.74, 6) is -2.14. The highest BCUT2D eigenvalue weighted by Gasteiger charge is 2.34. The number of benzene rings is 1. The molecule has 0 aromatic heterocycles. The lowest BCUT2D eigenvalue weighted by Gasteiger charge is -2.24. The van der Waals surface area contributed by atoms with Crippen LogP contribution in [-0.2, 0) is 25.5 Å². The summed E-state index contributed by atoms with van der Waals surface area (Å²) in [6, 6.07) is 4.09. The first-order valence-corrected chi connectivity index (χ1v) is 7.01. The Balaban J connectivity index is 0.00000288. The van der Waals surface area contributed by atoms with Crippen LogP contribution in [0.25, 0.3) is 0 Å². The lowest BCUT2D eigenvalue weighted by molar-refractivity contribution is -0.159. The molecule has 0 aliphatic carbocycles. The smallest absolute Gasteiger partial charge is 0.327 e. The summed E-state index contributed by atoms with van der Waals surface area (Å²) >= 11 is 0. The topological polar surface area (TPSA) is 162 Å². The third-order valence-electron chi connectivity index (χ3n) is 3.56. The molecule has 1 aliphatic heterocycles. The second-order valence-corrected chi connectivity index (χ2v) is 5.69. The molecule has 1 unspecified atom stereocenters. The normalized spacial score (nSPS) is 15.8. The Hall–Kier alpha value is -2.36.